The highest BCUT2D eigenvalue weighted by atomic mass is 16.5. The highest BCUT2D eigenvalue weighted by molar-refractivity contribution is 5.37. The molecular weight excluding hydrogens is 218 g/mol. The minimum absolute atomic E-state index is 0.0597. The average Bonchev–Trinajstić information content (AvgIpc) is 2.28. The van der Waals surface area contributed by atoms with Crippen molar-refractivity contribution in [2.24, 2.45) is 0 Å². The highest BCUT2D eigenvalue weighted by Crippen LogP contribution is 2.17. The number of nitrogens with one attached hydrogen (secondary N) is 2. The van der Waals surface area contributed by atoms with Crippen molar-refractivity contribution < 1.29 is 4.74 Å². The van der Waals surface area contributed by atoms with Crippen LogP contribution in [0.1, 0.15) is 34.1 Å². The third-order valence-electron chi connectivity index (χ3n) is 2.45. The van der Waals surface area contributed by atoms with Crippen LogP contribution in [0.3, 0.4) is 0 Å². The van der Waals surface area contributed by atoms with Crippen LogP contribution in [0.15, 0.2) is 0 Å². The maximum absolute atomic E-state index is 5.29. The van der Waals surface area contributed by atoms with E-state index >= 15 is 0 Å². The van der Waals surface area contributed by atoms with Gasteiger partial charge in [-0.25, -0.2) is 0 Å². The number of aromatic nitrogens is 3. The fourth-order valence-electron chi connectivity index (χ4n) is 1.11. The predicted octanol–water partition coefficient (Wildman–Crippen LogP) is 1.91. The SMILES string of the molecule is CCOc1nc(NC)nc(NC(C)(C)CC)n1. The number of rotatable bonds is 6. The Morgan fingerprint density at radius 3 is 2.29 bits per heavy atom. The normalized spacial score (nSPS) is 11.1. The van der Waals surface area contributed by atoms with Crippen molar-refractivity contribution in [3.05, 3.63) is 0 Å². The van der Waals surface area contributed by atoms with Gasteiger partial charge in [-0.2, -0.15) is 15.0 Å². The van der Waals surface area contributed by atoms with Gasteiger partial charge in [-0.1, -0.05) is 6.92 Å². The molecule has 6 heteroatoms. The molecule has 96 valence electrons. The van der Waals surface area contributed by atoms with E-state index in [0.717, 1.165) is 6.42 Å². The Morgan fingerprint density at radius 1 is 1.12 bits per heavy atom. The van der Waals surface area contributed by atoms with E-state index in [2.05, 4.69) is 46.4 Å². The summed E-state index contributed by atoms with van der Waals surface area (Å²) >= 11 is 0. The quantitative estimate of drug-likeness (QED) is 0.790. The Kier molecular flexibility index (Phi) is 4.48. The molecule has 0 saturated carbocycles. The third kappa shape index (κ3) is 4.05. The molecule has 0 aliphatic heterocycles. The van der Waals surface area contributed by atoms with E-state index in [1.807, 2.05) is 6.92 Å². The van der Waals surface area contributed by atoms with Gasteiger partial charge < -0.3 is 15.4 Å². The van der Waals surface area contributed by atoms with Gasteiger partial charge in [0.05, 0.1) is 6.61 Å². The van der Waals surface area contributed by atoms with Crippen LogP contribution >= 0.6 is 0 Å². The lowest BCUT2D eigenvalue weighted by atomic mass is 10.0. The number of anilines is 2. The Bertz CT molecular complexity index is 367. The zero-order valence-electron chi connectivity index (χ0n) is 11.2. The summed E-state index contributed by atoms with van der Waals surface area (Å²) in [6.45, 7) is 8.72. The second kappa shape index (κ2) is 5.65. The molecule has 1 rings (SSSR count). The lowest BCUT2D eigenvalue weighted by Crippen LogP contribution is -2.31. The topological polar surface area (TPSA) is 72.0 Å². The summed E-state index contributed by atoms with van der Waals surface area (Å²) in [7, 11) is 1.76. The van der Waals surface area contributed by atoms with Gasteiger partial charge in [0.15, 0.2) is 0 Å². The third-order valence-corrected chi connectivity index (χ3v) is 2.45. The molecule has 0 radical (unpaired) electrons. The van der Waals surface area contributed by atoms with E-state index in [-0.39, 0.29) is 5.54 Å². The fraction of sp³-hybridized carbons (Fsp3) is 0.727. The van der Waals surface area contributed by atoms with Gasteiger partial charge in [-0.15, -0.1) is 0 Å². The van der Waals surface area contributed by atoms with E-state index in [1.165, 1.54) is 0 Å². The van der Waals surface area contributed by atoms with Crippen LogP contribution in [-0.2, 0) is 0 Å². The molecule has 1 aromatic rings. The van der Waals surface area contributed by atoms with Crippen molar-refractivity contribution in [1.82, 2.24) is 15.0 Å². The molecule has 0 saturated heterocycles. The first-order valence-electron chi connectivity index (χ1n) is 5.85. The maximum Gasteiger partial charge on any atom is 0.323 e. The predicted molar refractivity (Wildman–Crippen MR) is 68.5 cm³/mol. The Balaban J connectivity index is 2.94. The minimum Gasteiger partial charge on any atom is -0.464 e. The molecule has 0 amide bonds. The van der Waals surface area contributed by atoms with Crippen LogP contribution in [0, 0.1) is 0 Å². The summed E-state index contributed by atoms with van der Waals surface area (Å²) in [5.74, 6) is 1.03. The van der Waals surface area contributed by atoms with E-state index in [4.69, 9.17) is 4.74 Å². The first-order chi connectivity index (χ1) is 8.00. The first-order valence-corrected chi connectivity index (χ1v) is 5.85. The molecule has 1 aromatic heterocycles. The lowest BCUT2D eigenvalue weighted by Gasteiger charge is -2.24. The monoisotopic (exact) mass is 239 g/mol. The van der Waals surface area contributed by atoms with E-state index < -0.39 is 0 Å². The number of ether oxygens (including phenoxy) is 1. The van der Waals surface area contributed by atoms with E-state index in [0.29, 0.717) is 24.5 Å². The van der Waals surface area contributed by atoms with Gasteiger partial charge in [-0.3, -0.25) is 0 Å². The van der Waals surface area contributed by atoms with Gasteiger partial charge in [-0.05, 0) is 27.2 Å². The van der Waals surface area contributed by atoms with Crippen molar-refractivity contribution in [2.75, 3.05) is 24.3 Å². The van der Waals surface area contributed by atoms with Gasteiger partial charge in [0, 0.05) is 12.6 Å². The summed E-state index contributed by atoms with van der Waals surface area (Å²) in [5, 5.41) is 6.15. The van der Waals surface area contributed by atoms with Crippen LogP contribution < -0.4 is 15.4 Å². The van der Waals surface area contributed by atoms with Crippen LogP contribution in [-0.4, -0.2) is 34.1 Å². The largest absolute Gasteiger partial charge is 0.464 e. The Hall–Kier alpha value is -1.59. The molecule has 0 aliphatic rings. The molecule has 0 fully saturated rings. The minimum atomic E-state index is -0.0597. The highest BCUT2D eigenvalue weighted by Gasteiger charge is 2.17. The molecule has 0 bridgehead atoms. The van der Waals surface area contributed by atoms with Gasteiger partial charge in [0.2, 0.25) is 11.9 Å². The Morgan fingerprint density at radius 2 is 1.76 bits per heavy atom. The molecule has 0 aliphatic carbocycles. The zero-order valence-corrected chi connectivity index (χ0v) is 11.2. The van der Waals surface area contributed by atoms with Crippen molar-refractivity contribution >= 4 is 11.9 Å². The molecule has 1 heterocycles. The van der Waals surface area contributed by atoms with Gasteiger partial charge in [0.25, 0.3) is 0 Å². The van der Waals surface area contributed by atoms with Crippen molar-refractivity contribution in [3.63, 3.8) is 0 Å². The van der Waals surface area contributed by atoms with Crippen molar-refractivity contribution in [2.45, 2.75) is 39.7 Å². The van der Waals surface area contributed by atoms with Crippen LogP contribution in [0.2, 0.25) is 0 Å². The smallest absolute Gasteiger partial charge is 0.323 e. The molecule has 17 heavy (non-hydrogen) atoms. The number of hydrogen-bond donors (Lipinski definition) is 2. The van der Waals surface area contributed by atoms with E-state index in [1.54, 1.807) is 7.05 Å². The Labute approximate surface area is 102 Å². The molecule has 0 spiro atoms. The summed E-state index contributed by atoms with van der Waals surface area (Å²) in [5.41, 5.74) is -0.0597. The van der Waals surface area contributed by atoms with E-state index in [9.17, 15) is 0 Å². The summed E-state index contributed by atoms with van der Waals surface area (Å²) in [6, 6.07) is 0.334. The standard InChI is InChI=1S/C11H21N5O/c1-6-11(3,4)16-9-13-8(12-5)14-10(15-9)17-7-2/h6-7H2,1-5H3,(H2,12,13,14,15,16). The summed E-state index contributed by atoms with van der Waals surface area (Å²) in [4.78, 5) is 12.6. The molecule has 6 nitrogen and oxygen atoms in total. The lowest BCUT2D eigenvalue weighted by molar-refractivity contribution is 0.312. The van der Waals surface area contributed by atoms with Gasteiger partial charge >= 0.3 is 6.01 Å². The van der Waals surface area contributed by atoms with Crippen molar-refractivity contribution in [1.29, 1.82) is 0 Å². The second-order valence-corrected chi connectivity index (χ2v) is 4.31. The molecule has 0 unspecified atom stereocenters. The van der Waals surface area contributed by atoms with Crippen LogP contribution in [0.4, 0.5) is 11.9 Å². The van der Waals surface area contributed by atoms with Crippen LogP contribution in [0.5, 0.6) is 6.01 Å². The fourth-order valence-corrected chi connectivity index (χ4v) is 1.11. The molecule has 2 N–H and O–H groups in total. The maximum atomic E-state index is 5.29. The molecule has 0 atom stereocenters. The molecular formula is C11H21N5O. The average molecular weight is 239 g/mol. The number of hydrogen-bond acceptors (Lipinski definition) is 6. The van der Waals surface area contributed by atoms with Crippen LogP contribution in [0.25, 0.3) is 0 Å². The molecule has 0 aromatic carbocycles. The second-order valence-electron chi connectivity index (χ2n) is 4.31. The summed E-state index contributed by atoms with van der Waals surface area (Å²) in [6.07, 6.45) is 0.970. The zero-order chi connectivity index (χ0) is 12.9. The van der Waals surface area contributed by atoms with Crippen molar-refractivity contribution in [3.8, 4) is 6.01 Å². The number of nitrogens with zero attached hydrogens (tertiary/aromatic N) is 3. The first kappa shape index (κ1) is 13.5. The summed E-state index contributed by atoms with van der Waals surface area (Å²) < 4.78 is 5.29. The van der Waals surface area contributed by atoms with Gasteiger partial charge in [0.1, 0.15) is 0 Å².